The number of halogens is 1. The maximum atomic E-state index is 13.5. The van der Waals surface area contributed by atoms with Crippen LogP contribution in [0.25, 0.3) is 0 Å². The molecule has 1 unspecified atom stereocenters. The average molecular weight is 547 g/mol. The lowest BCUT2D eigenvalue weighted by Crippen LogP contribution is -2.35. The van der Waals surface area contributed by atoms with E-state index in [-0.39, 0.29) is 11.7 Å². The number of anilines is 4. The van der Waals surface area contributed by atoms with Gasteiger partial charge >= 0.3 is 0 Å². The Morgan fingerprint density at radius 2 is 1.85 bits per heavy atom. The fraction of sp³-hybridized carbons (Fsp3) is 0.300. The number of aliphatic hydroxyl groups is 1. The second-order valence-electron chi connectivity index (χ2n) is 9.36. The number of hydrogen-bond donors (Lipinski definition) is 3. The molecule has 1 fully saturated rings. The van der Waals surface area contributed by atoms with Gasteiger partial charge in [0.15, 0.2) is 0 Å². The molecule has 1 aromatic heterocycles. The first-order chi connectivity index (χ1) is 18.9. The van der Waals surface area contributed by atoms with Crippen molar-refractivity contribution >= 4 is 41.3 Å². The molecule has 2 heterocycles. The van der Waals surface area contributed by atoms with E-state index in [0.29, 0.717) is 17.3 Å². The van der Waals surface area contributed by atoms with Crippen molar-refractivity contribution in [2.45, 2.75) is 44.6 Å². The van der Waals surface area contributed by atoms with E-state index in [0.717, 1.165) is 47.8 Å². The first-order valence-corrected chi connectivity index (χ1v) is 13.9. The Labute approximate surface area is 234 Å². The standard InChI is InChI=1S/C30H35FN6OS/c1-4-15-32-20-22(5-2)29(38)23-13-17-37(18-14-23)39-26-9-6-24(7-10-26)35-30-33-16-12-28(36-30)34-25-8-11-27(31)21(3)19-25/h4-12,15-16,19-20,23,29,38H,13-14,17-18H2,1-3H3,(H2,33,34,35,36)/b15-4-,22-5+,32-20-. The summed E-state index contributed by atoms with van der Waals surface area (Å²) >= 11 is 1.74. The van der Waals surface area contributed by atoms with Crippen LogP contribution in [0.2, 0.25) is 0 Å². The summed E-state index contributed by atoms with van der Waals surface area (Å²) in [6.07, 6.45) is 10.3. The van der Waals surface area contributed by atoms with Crippen molar-refractivity contribution in [3.8, 4) is 0 Å². The van der Waals surface area contributed by atoms with E-state index in [1.54, 1.807) is 55.7 Å². The molecule has 7 nitrogen and oxygen atoms in total. The molecule has 0 spiro atoms. The Balaban J connectivity index is 1.28. The summed E-state index contributed by atoms with van der Waals surface area (Å²) in [5.74, 6) is 1.08. The molecule has 2 aromatic carbocycles. The zero-order valence-corrected chi connectivity index (χ0v) is 23.3. The quantitative estimate of drug-likeness (QED) is 0.186. The zero-order chi connectivity index (χ0) is 27.6. The molecule has 9 heteroatoms. The largest absolute Gasteiger partial charge is 0.388 e. The number of rotatable bonds is 10. The third kappa shape index (κ3) is 8.23. The number of aliphatic hydroxyl groups excluding tert-OH is 1. The lowest BCUT2D eigenvalue weighted by molar-refractivity contribution is 0.111. The number of piperidine rings is 1. The molecule has 0 radical (unpaired) electrons. The van der Waals surface area contributed by atoms with Gasteiger partial charge in [-0.05, 0) is 111 Å². The molecule has 39 heavy (non-hydrogen) atoms. The highest BCUT2D eigenvalue weighted by molar-refractivity contribution is 7.97. The van der Waals surface area contributed by atoms with E-state index >= 15 is 0 Å². The molecule has 3 aromatic rings. The van der Waals surface area contributed by atoms with Crippen LogP contribution in [0.3, 0.4) is 0 Å². The molecule has 0 saturated carbocycles. The third-order valence-electron chi connectivity index (χ3n) is 6.51. The Morgan fingerprint density at radius 3 is 2.54 bits per heavy atom. The predicted octanol–water partition coefficient (Wildman–Crippen LogP) is 7.04. The fourth-order valence-electron chi connectivity index (χ4n) is 4.33. The van der Waals surface area contributed by atoms with Crippen LogP contribution in [-0.2, 0) is 0 Å². The Morgan fingerprint density at radius 1 is 1.10 bits per heavy atom. The minimum Gasteiger partial charge on any atom is -0.388 e. The number of benzene rings is 2. The number of aliphatic imine (C=N–C) groups is 1. The van der Waals surface area contributed by atoms with Gasteiger partial charge in [-0.25, -0.2) is 13.7 Å². The lowest BCUT2D eigenvalue weighted by Gasteiger charge is -2.33. The highest BCUT2D eigenvalue weighted by atomic mass is 32.2. The van der Waals surface area contributed by atoms with E-state index < -0.39 is 6.10 Å². The topological polar surface area (TPSA) is 85.7 Å². The van der Waals surface area contributed by atoms with Crippen molar-refractivity contribution in [3.63, 3.8) is 0 Å². The molecule has 0 aliphatic carbocycles. The van der Waals surface area contributed by atoms with Crippen LogP contribution in [0.1, 0.15) is 32.3 Å². The van der Waals surface area contributed by atoms with E-state index in [2.05, 4.69) is 42.0 Å². The van der Waals surface area contributed by atoms with Gasteiger partial charge in [-0.1, -0.05) is 12.2 Å². The molecule has 0 amide bonds. The van der Waals surface area contributed by atoms with Gasteiger partial charge in [0.25, 0.3) is 0 Å². The van der Waals surface area contributed by atoms with Crippen molar-refractivity contribution in [3.05, 3.63) is 90.0 Å². The molecule has 1 aliphatic rings. The average Bonchev–Trinajstić information content (AvgIpc) is 2.95. The van der Waals surface area contributed by atoms with E-state index in [4.69, 9.17) is 0 Å². The second-order valence-corrected chi connectivity index (χ2v) is 10.5. The second kappa shape index (κ2) is 14.0. The monoisotopic (exact) mass is 546 g/mol. The highest BCUT2D eigenvalue weighted by Crippen LogP contribution is 2.32. The van der Waals surface area contributed by atoms with Gasteiger partial charge in [-0.15, -0.1) is 0 Å². The number of nitrogens with one attached hydrogen (secondary N) is 2. The third-order valence-corrected chi connectivity index (χ3v) is 7.62. The van der Waals surface area contributed by atoms with E-state index in [1.807, 2.05) is 38.1 Å². The van der Waals surface area contributed by atoms with Crippen LogP contribution in [0.4, 0.5) is 27.5 Å². The van der Waals surface area contributed by atoms with Gasteiger partial charge in [-0.2, -0.15) is 4.98 Å². The maximum absolute atomic E-state index is 13.5. The van der Waals surface area contributed by atoms with Gasteiger partial charge in [0.2, 0.25) is 5.95 Å². The Bertz CT molecular complexity index is 1320. The van der Waals surface area contributed by atoms with Gasteiger partial charge < -0.3 is 15.7 Å². The molecule has 4 rings (SSSR count). The van der Waals surface area contributed by atoms with Gasteiger partial charge in [-0.3, -0.25) is 4.99 Å². The van der Waals surface area contributed by atoms with Crippen LogP contribution in [0.5, 0.6) is 0 Å². The SMILES string of the molecule is C\C=C/N=C\C(=C/C)C(O)C1CCN(Sc2ccc(Nc3nccc(Nc4ccc(F)c(C)c4)n3)cc2)CC1. The number of aromatic nitrogens is 2. The molecular weight excluding hydrogens is 511 g/mol. The highest BCUT2D eigenvalue weighted by Gasteiger charge is 2.27. The van der Waals surface area contributed by atoms with Crippen molar-refractivity contribution in [2.24, 2.45) is 10.9 Å². The summed E-state index contributed by atoms with van der Waals surface area (Å²) in [5, 5.41) is 17.3. The van der Waals surface area contributed by atoms with Gasteiger partial charge in [0, 0.05) is 48.0 Å². The normalized spacial score (nSPS) is 16.2. The van der Waals surface area contributed by atoms with Crippen LogP contribution < -0.4 is 10.6 Å². The van der Waals surface area contributed by atoms with Crippen molar-refractivity contribution in [1.29, 1.82) is 0 Å². The minimum absolute atomic E-state index is 0.231. The summed E-state index contributed by atoms with van der Waals surface area (Å²) in [6.45, 7) is 7.42. The summed E-state index contributed by atoms with van der Waals surface area (Å²) < 4.78 is 15.9. The maximum Gasteiger partial charge on any atom is 0.229 e. The molecule has 3 N–H and O–H groups in total. The van der Waals surface area contributed by atoms with Crippen LogP contribution >= 0.6 is 11.9 Å². The Kier molecular flexibility index (Phi) is 10.2. The molecule has 1 saturated heterocycles. The van der Waals surface area contributed by atoms with Crippen molar-refractivity contribution in [1.82, 2.24) is 14.3 Å². The van der Waals surface area contributed by atoms with Crippen LogP contribution in [0.15, 0.2) is 88.5 Å². The number of aryl methyl sites for hydroxylation is 1. The number of allylic oxidation sites excluding steroid dienone is 2. The molecule has 0 bridgehead atoms. The van der Waals surface area contributed by atoms with Gasteiger partial charge in [0.05, 0.1) is 6.10 Å². The van der Waals surface area contributed by atoms with E-state index in [9.17, 15) is 9.50 Å². The summed E-state index contributed by atoms with van der Waals surface area (Å²) in [5.41, 5.74) is 3.09. The summed E-state index contributed by atoms with van der Waals surface area (Å²) in [4.78, 5) is 14.2. The fourth-order valence-corrected chi connectivity index (χ4v) is 5.28. The molecular formula is C30H35FN6OS. The zero-order valence-electron chi connectivity index (χ0n) is 22.5. The summed E-state index contributed by atoms with van der Waals surface area (Å²) in [6, 6.07) is 14.8. The first-order valence-electron chi connectivity index (χ1n) is 13.1. The predicted molar refractivity (Wildman–Crippen MR) is 159 cm³/mol. The first kappa shape index (κ1) is 28.5. The van der Waals surface area contributed by atoms with Gasteiger partial charge in [0.1, 0.15) is 11.6 Å². The van der Waals surface area contributed by atoms with Crippen molar-refractivity contribution < 1.29 is 9.50 Å². The molecule has 1 aliphatic heterocycles. The van der Waals surface area contributed by atoms with Crippen LogP contribution in [0, 0.1) is 18.7 Å². The number of nitrogens with zero attached hydrogens (tertiary/aromatic N) is 4. The molecule has 1 atom stereocenters. The lowest BCUT2D eigenvalue weighted by atomic mass is 9.88. The minimum atomic E-state index is -0.489. The number of hydrogen-bond acceptors (Lipinski definition) is 8. The smallest absolute Gasteiger partial charge is 0.229 e. The van der Waals surface area contributed by atoms with Crippen LogP contribution in [-0.4, -0.2) is 44.8 Å². The Hall–Kier alpha value is -3.53. The molecule has 204 valence electrons. The van der Waals surface area contributed by atoms with E-state index in [1.165, 1.54) is 6.07 Å². The van der Waals surface area contributed by atoms with Crippen molar-refractivity contribution in [2.75, 3.05) is 23.7 Å². The summed E-state index contributed by atoms with van der Waals surface area (Å²) in [7, 11) is 0.